The van der Waals surface area contributed by atoms with Gasteiger partial charge in [-0.05, 0) is 36.0 Å². The van der Waals surface area contributed by atoms with Gasteiger partial charge >= 0.3 is 5.97 Å². The molecule has 0 saturated carbocycles. The summed E-state index contributed by atoms with van der Waals surface area (Å²) in [5.74, 6) is -0.0951. The predicted octanol–water partition coefficient (Wildman–Crippen LogP) is 4.05. The topological polar surface area (TPSA) is 181 Å². The van der Waals surface area contributed by atoms with E-state index in [1.54, 1.807) is 19.3 Å². The van der Waals surface area contributed by atoms with Crippen LogP contribution in [0.25, 0.3) is 6.08 Å². The molecule has 0 spiro atoms. The molecule has 0 amide bonds. The van der Waals surface area contributed by atoms with Gasteiger partial charge in [0.15, 0.2) is 12.2 Å². The number of carbonyl (C=O) groups is 1. The minimum atomic E-state index is -1.35. The van der Waals surface area contributed by atoms with Crippen LogP contribution in [0.2, 0.25) is 0 Å². The van der Waals surface area contributed by atoms with Crippen molar-refractivity contribution in [3.63, 3.8) is 0 Å². The number of methoxy groups -OCH3 is 1. The van der Waals surface area contributed by atoms with Crippen molar-refractivity contribution in [1.82, 2.24) is 4.98 Å². The second-order valence-electron chi connectivity index (χ2n) is 13.3. The van der Waals surface area contributed by atoms with Gasteiger partial charge in [-0.1, -0.05) is 76.6 Å². The summed E-state index contributed by atoms with van der Waals surface area (Å²) in [7, 11) is 1.60. The number of aliphatic hydroxyl groups is 4. The van der Waals surface area contributed by atoms with E-state index in [2.05, 4.69) is 18.8 Å². The number of benzene rings is 1. The van der Waals surface area contributed by atoms with E-state index < -0.39 is 49.4 Å². The number of allylic oxidation sites excluding steroid dienone is 4. The van der Waals surface area contributed by atoms with Gasteiger partial charge in [-0.15, -0.1) is 0 Å². The van der Waals surface area contributed by atoms with Gasteiger partial charge in [0.2, 0.25) is 0 Å². The molecule has 12 nitrogen and oxygen atoms in total. The van der Waals surface area contributed by atoms with Crippen molar-refractivity contribution in [2.75, 3.05) is 13.7 Å². The van der Waals surface area contributed by atoms with Crippen molar-refractivity contribution < 1.29 is 53.7 Å². The molecule has 1 fully saturated rings. The van der Waals surface area contributed by atoms with Gasteiger partial charge in [-0.3, -0.25) is 0 Å². The Kier molecular flexibility index (Phi) is 14.8. The molecule has 0 bridgehead atoms. The Hall–Kier alpha value is -3.36. The summed E-state index contributed by atoms with van der Waals surface area (Å²) >= 11 is 0. The maximum absolute atomic E-state index is 12.9. The Morgan fingerprint density at radius 3 is 2.50 bits per heavy atom. The quantitative estimate of drug-likeness (QED) is 0.111. The number of ether oxygens (including phenoxy) is 4. The van der Waals surface area contributed by atoms with Crippen molar-refractivity contribution in [2.24, 2.45) is 11.8 Å². The van der Waals surface area contributed by atoms with E-state index in [1.165, 1.54) is 6.26 Å². The third-order valence-corrected chi connectivity index (χ3v) is 9.63. The number of carbonyl (C=O) groups excluding carboxylic acids is 1. The van der Waals surface area contributed by atoms with Crippen molar-refractivity contribution in [2.45, 2.75) is 115 Å². The second-order valence-corrected chi connectivity index (χ2v) is 13.3. The van der Waals surface area contributed by atoms with Gasteiger partial charge in [0.05, 0.1) is 31.3 Å². The molecule has 2 aliphatic heterocycles. The third kappa shape index (κ3) is 10.1. The Bertz CT molecular complexity index is 1470. The van der Waals surface area contributed by atoms with Crippen molar-refractivity contribution in [3.8, 4) is 5.75 Å². The van der Waals surface area contributed by atoms with Gasteiger partial charge < -0.3 is 48.9 Å². The van der Waals surface area contributed by atoms with Gasteiger partial charge in [0, 0.05) is 25.9 Å². The van der Waals surface area contributed by atoms with E-state index in [4.69, 9.17) is 23.4 Å². The van der Waals surface area contributed by atoms with Crippen LogP contribution >= 0.6 is 0 Å². The zero-order valence-electron chi connectivity index (χ0n) is 29.6. The highest BCUT2D eigenvalue weighted by Crippen LogP contribution is 2.34. The van der Waals surface area contributed by atoms with E-state index in [0.29, 0.717) is 43.2 Å². The van der Waals surface area contributed by atoms with Gasteiger partial charge in [-0.25, -0.2) is 9.78 Å². The van der Waals surface area contributed by atoms with Crippen molar-refractivity contribution >= 4 is 12.0 Å². The highest BCUT2D eigenvalue weighted by atomic mass is 16.7. The highest BCUT2D eigenvalue weighted by Gasteiger charge is 2.45. The summed E-state index contributed by atoms with van der Waals surface area (Å²) in [6, 6.07) is 3.83. The first-order chi connectivity index (χ1) is 24.0. The molecule has 12 heteroatoms. The summed E-state index contributed by atoms with van der Waals surface area (Å²) in [6.07, 6.45) is 8.93. The van der Waals surface area contributed by atoms with Crippen LogP contribution in [0.5, 0.6) is 5.75 Å². The molecular weight excluding hydrogens is 646 g/mol. The number of rotatable bonds is 18. The van der Waals surface area contributed by atoms with E-state index in [-0.39, 0.29) is 35.9 Å². The number of aromatic hydroxyl groups is 1. The smallest absolute Gasteiger partial charge is 0.342 e. The number of esters is 1. The largest absolute Gasteiger partial charge is 0.507 e. The first-order valence-electron chi connectivity index (χ1n) is 17.5. The van der Waals surface area contributed by atoms with Gasteiger partial charge in [0.1, 0.15) is 47.7 Å². The Morgan fingerprint density at radius 2 is 1.82 bits per heavy atom. The summed E-state index contributed by atoms with van der Waals surface area (Å²) in [6.45, 7) is 7.41. The summed E-state index contributed by atoms with van der Waals surface area (Å²) in [5.41, 5.74) is 2.39. The van der Waals surface area contributed by atoms with Crippen molar-refractivity contribution in [3.05, 3.63) is 77.1 Å². The lowest BCUT2D eigenvalue weighted by Gasteiger charge is -2.30. The number of hydrogen-bond acceptors (Lipinski definition) is 12. The Morgan fingerprint density at radius 1 is 1.06 bits per heavy atom. The molecule has 0 unspecified atom stereocenters. The van der Waals surface area contributed by atoms with Crippen LogP contribution in [-0.2, 0) is 38.2 Å². The van der Waals surface area contributed by atoms with Crippen LogP contribution in [0.1, 0.15) is 80.0 Å². The number of hydrogen-bond donors (Lipinski definition) is 5. The lowest BCUT2D eigenvalue weighted by atomic mass is 9.90. The molecule has 276 valence electrons. The molecule has 2 aliphatic rings. The lowest BCUT2D eigenvalue weighted by Crippen LogP contribution is -2.40. The molecule has 0 radical (unpaired) electrons. The SMILES string of the molecule is CC[C@H](C)Cc1ccc2c(c1O)C(=O)O[C@H](C[C@H](\C=C/C=C\C=C\c1coc(C[C@H](O[C@H]3O[C@H](CO)[C@@H](O)[C@@H]3O)[C@H](C)[C@H](O)CC)n1)OC)C2. The normalized spacial score (nSPS) is 25.6. The molecule has 2 aromatic rings. The predicted molar refractivity (Wildman–Crippen MR) is 185 cm³/mol. The van der Waals surface area contributed by atoms with Crippen molar-refractivity contribution in [1.29, 1.82) is 0 Å². The number of phenolic OH excluding ortho intramolecular Hbond substituents is 1. The average molecular weight is 700 g/mol. The molecule has 3 heterocycles. The maximum atomic E-state index is 12.9. The fourth-order valence-corrected chi connectivity index (χ4v) is 6.17. The van der Waals surface area contributed by atoms with Crippen LogP contribution in [0.3, 0.4) is 0 Å². The number of nitrogens with zero attached hydrogens (tertiary/aromatic N) is 1. The van der Waals surface area contributed by atoms with E-state index >= 15 is 0 Å². The standard InChI is InChI=1S/C38H53NO11/c1-6-22(3)16-25-15-14-24-17-28(48-37(45)33(24)34(25)42)18-27(46-5)13-11-9-8-10-12-26-21-47-32(39-26)19-30(23(4)29(41)7-2)49-38-36(44)35(43)31(20-40)50-38/h8-15,21-23,27-31,35-36,38,40-44H,6-7,16-20H2,1-5H3/b9-8-,12-10+,13-11-/t22-,23+,27-,28-,29+,30-,31+,35+,36-,38-/m0/s1. The molecule has 1 aromatic carbocycles. The molecule has 1 saturated heterocycles. The summed E-state index contributed by atoms with van der Waals surface area (Å²) in [4.78, 5) is 17.4. The number of cyclic esters (lactones) is 1. The highest BCUT2D eigenvalue weighted by molar-refractivity contribution is 5.95. The Labute approximate surface area is 294 Å². The van der Waals surface area contributed by atoms with E-state index in [9.17, 15) is 30.3 Å². The molecule has 0 aliphatic carbocycles. The van der Waals surface area contributed by atoms with Crippen LogP contribution in [0, 0.1) is 11.8 Å². The van der Waals surface area contributed by atoms with E-state index in [1.807, 2.05) is 50.3 Å². The molecule has 10 atom stereocenters. The van der Waals surface area contributed by atoms with Gasteiger partial charge in [0.25, 0.3) is 0 Å². The number of aromatic nitrogens is 1. The average Bonchev–Trinajstić information content (AvgIpc) is 3.67. The van der Waals surface area contributed by atoms with E-state index in [0.717, 1.165) is 17.5 Å². The number of fused-ring (bicyclic) bond motifs is 1. The molecular formula is C38H53NO11. The monoisotopic (exact) mass is 699 g/mol. The number of aliphatic hydroxyl groups excluding tert-OH is 4. The van der Waals surface area contributed by atoms with Gasteiger partial charge in [-0.2, -0.15) is 0 Å². The first-order valence-corrected chi connectivity index (χ1v) is 17.5. The molecule has 50 heavy (non-hydrogen) atoms. The minimum absolute atomic E-state index is 0.0309. The molecule has 5 N–H and O–H groups in total. The maximum Gasteiger partial charge on any atom is 0.342 e. The first kappa shape index (κ1) is 39.4. The van der Waals surface area contributed by atoms with Crippen LogP contribution in [0.15, 0.2) is 53.2 Å². The van der Waals surface area contributed by atoms with Crippen LogP contribution in [0.4, 0.5) is 0 Å². The second kappa shape index (κ2) is 18.8. The summed E-state index contributed by atoms with van der Waals surface area (Å²) in [5, 5.41) is 51.1. The fraction of sp³-hybridized carbons (Fsp3) is 0.579. The Balaban J connectivity index is 1.30. The third-order valence-electron chi connectivity index (χ3n) is 9.63. The molecule has 1 aromatic heterocycles. The zero-order valence-corrected chi connectivity index (χ0v) is 29.6. The van der Waals surface area contributed by atoms with Crippen LogP contribution in [-0.4, -0.2) is 99.2 Å². The fourth-order valence-electron chi connectivity index (χ4n) is 6.17. The minimum Gasteiger partial charge on any atom is -0.507 e. The number of oxazole rings is 1. The summed E-state index contributed by atoms with van der Waals surface area (Å²) < 4.78 is 28.4. The lowest BCUT2D eigenvalue weighted by molar-refractivity contribution is -0.209. The molecule has 4 rings (SSSR count). The zero-order chi connectivity index (χ0) is 36.4. The number of phenols is 1. The van der Waals surface area contributed by atoms with Crippen LogP contribution < -0.4 is 0 Å².